The van der Waals surface area contributed by atoms with Gasteiger partial charge in [0.2, 0.25) is 0 Å². The third-order valence-electron chi connectivity index (χ3n) is 5.48. The number of nitrogens with zero attached hydrogens (tertiary/aromatic N) is 2. The van der Waals surface area contributed by atoms with Gasteiger partial charge in [-0.1, -0.05) is 42.5 Å². The summed E-state index contributed by atoms with van der Waals surface area (Å²) >= 11 is 0. The van der Waals surface area contributed by atoms with Crippen LogP contribution in [0.25, 0.3) is 0 Å². The molecule has 1 aliphatic heterocycles. The minimum Gasteiger partial charge on any atom is -0.489 e. The van der Waals surface area contributed by atoms with E-state index in [1.807, 2.05) is 43.4 Å². The minimum atomic E-state index is 0. The van der Waals surface area contributed by atoms with Gasteiger partial charge in [-0.25, -0.2) is 0 Å². The van der Waals surface area contributed by atoms with Crippen LogP contribution in [0.2, 0.25) is 0 Å². The van der Waals surface area contributed by atoms with Gasteiger partial charge in [0.1, 0.15) is 12.4 Å². The molecule has 6 nitrogen and oxygen atoms in total. The van der Waals surface area contributed by atoms with E-state index in [1.54, 1.807) is 0 Å². The van der Waals surface area contributed by atoms with Crippen LogP contribution in [0.15, 0.2) is 59.6 Å². The summed E-state index contributed by atoms with van der Waals surface area (Å²) < 4.78 is 11.4. The lowest BCUT2D eigenvalue weighted by atomic mass is 10.0. The van der Waals surface area contributed by atoms with Crippen LogP contribution in [0.1, 0.15) is 25.0 Å². The second-order valence-corrected chi connectivity index (χ2v) is 8.06. The van der Waals surface area contributed by atoms with Crippen LogP contribution in [0.3, 0.4) is 0 Å². The summed E-state index contributed by atoms with van der Waals surface area (Å²) in [5.41, 5.74) is 2.39. The summed E-state index contributed by atoms with van der Waals surface area (Å²) in [6.07, 6.45) is 0. The largest absolute Gasteiger partial charge is 0.489 e. The van der Waals surface area contributed by atoms with E-state index >= 15 is 0 Å². The first-order valence-corrected chi connectivity index (χ1v) is 10.6. The monoisotopic (exact) mass is 538 g/mol. The molecule has 0 atom stereocenters. The van der Waals surface area contributed by atoms with Gasteiger partial charge >= 0.3 is 0 Å². The van der Waals surface area contributed by atoms with Crippen molar-refractivity contribution in [2.75, 3.05) is 39.9 Å². The van der Waals surface area contributed by atoms with E-state index in [2.05, 4.69) is 52.6 Å². The Morgan fingerprint density at radius 1 is 1.00 bits per heavy atom. The van der Waals surface area contributed by atoms with E-state index in [0.29, 0.717) is 13.2 Å². The number of guanidine groups is 1. The van der Waals surface area contributed by atoms with Crippen LogP contribution in [-0.2, 0) is 17.9 Å². The molecule has 0 amide bonds. The molecule has 0 bridgehead atoms. The molecule has 2 N–H and O–H groups in total. The van der Waals surface area contributed by atoms with Crippen LogP contribution in [-0.4, -0.2) is 56.3 Å². The maximum atomic E-state index is 5.94. The third kappa shape index (κ3) is 7.97. The molecule has 0 aliphatic carbocycles. The maximum Gasteiger partial charge on any atom is 0.191 e. The molecule has 0 unspecified atom stereocenters. The summed E-state index contributed by atoms with van der Waals surface area (Å²) in [5, 5.41) is 6.92. The van der Waals surface area contributed by atoms with Crippen molar-refractivity contribution in [1.82, 2.24) is 15.5 Å². The van der Waals surface area contributed by atoms with Gasteiger partial charge < -0.3 is 20.1 Å². The fourth-order valence-corrected chi connectivity index (χ4v) is 3.53. The summed E-state index contributed by atoms with van der Waals surface area (Å²) in [7, 11) is 1.81. The van der Waals surface area contributed by atoms with Crippen molar-refractivity contribution < 1.29 is 9.47 Å². The second-order valence-electron chi connectivity index (χ2n) is 8.06. The van der Waals surface area contributed by atoms with Gasteiger partial charge in [-0.3, -0.25) is 9.89 Å². The molecule has 31 heavy (non-hydrogen) atoms. The van der Waals surface area contributed by atoms with Gasteiger partial charge in [-0.2, -0.15) is 0 Å². The summed E-state index contributed by atoms with van der Waals surface area (Å²) in [5.74, 6) is 1.68. The van der Waals surface area contributed by atoms with Gasteiger partial charge in [0.15, 0.2) is 5.96 Å². The zero-order valence-electron chi connectivity index (χ0n) is 18.8. The number of para-hydroxylation sites is 1. The number of benzene rings is 2. The minimum absolute atomic E-state index is 0. The highest BCUT2D eigenvalue weighted by Gasteiger charge is 2.28. The van der Waals surface area contributed by atoms with Crippen molar-refractivity contribution >= 4 is 29.9 Å². The molecule has 0 saturated carbocycles. The standard InChI is InChI=1S/C24H34N4O2.HI/c1-24(2,28-13-15-29-16-14-28)19-27-23(25-3)26-17-20-9-7-8-10-21(20)18-30-22-11-5-4-6-12-22;/h4-12H,13-19H2,1-3H3,(H2,25,26,27);1H. The molecule has 0 radical (unpaired) electrons. The average Bonchev–Trinajstić information content (AvgIpc) is 2.79. The Morgan fingerprint density at radius 3 is 2.32 bits per heavy atom. The molecule has 0 aromatic heterocycles. The SMILES string of the molecule is CN=C(NCc1ccccc1COc1ccccc1)NCC(C)(C)N1CCOCC1.I. The van der Waals surface area contributed by atoms with Gasteiger partial charge in [0, 0.05) is 38.8 Å². The number of halogens is 1. The molecule has 0 spiro atoms. The van der Waals surface area contributed by atoms with Crippen LogP contribution < -0.4 is 15.4 Å². The highest BCUT2D eigenvalue weighted by atomic mass is 127. The van der Waals surface area contributed by atoms with Crippen LogP contribution >= 0.6 is 24.0 Å². The fraction of sp³-hybridized carbons (Fsp3) is 0.458. The van der Waals surface area contributed by atoms with Crippen molar-refractivity contribution in [2.24, 2.45) is 4.99 Å². The van der Waals surface area contributed by atoms with Crippen molar-refractivity contribution in [3.63, 3.8) is 0 Å². The van der Waals surface area contributed by atoms with Gasteiger partial charge in [-0.05, 0) is 37.1 Å². The molecule has 7 heteroatoms. The molecule has 1 saturated heterocycles. The van der Waals surface area contributed by atoms with E-state index in [1.165, 1.54) is 5.56 Å². The average molecular weight is 538 g/mol. The molecule has 170 valence electrons. The second kappa shape index (κ2) is 12.9. The fourth-order valence-electron chi connectivity index (χ4n) is 3.53. The number of nitrogens with one attached hydrogen (secondary N) is 2. The Labute approximate surface area is 203 Å². The lowest BCUT2D eigenvalue weighted by Crippen LogP contribution is -2.56. The molecular weight excluding hydrogens is 503 g/mol. The van der Waals surface area contributed by atoms with E-state index < -0.39 is 0 Å². The molecule has 1 aliphatic rings. The highest BCUT2D eigenvalue weighted by molar-refractivity contribution is 14.0. The summed E-state index contributed by atoms with van der Waals surface area (Å²) in [4.78, 5) is 6.86. The predicted octanol–water partition coefficient (Wildman–Crippen LogP) is 3.66. The molecule has 1 fully saturated rings. The number of ether oxygens (including phenoxy) is 2. The topological polar surface area (TPSA) is 58.1 Å². The number of rotatable bonds is 8. The Morgan fingerprint density at radius 2 is 1.65 bits per heavy atom. The van der Waals surface area contributed by atoms with Crippen LogP contribution in [0.4, 0.5) is 0 Å². The Hall–Kier alpha value is -1.84. The molecule has 2 aromatic carbocycles. The third-order valence-corrected chi connectivity index (χ3v) is 5.48. The van der Waals surface area contributed by atoms with Crippen LogP contribution in [0.5, 0.6) is 5.75 Å². The van der Waals surface area contributed by atoms with Gasteiger partial charge in [0.05, 0.1) is 13.2 Å². The summed E-state index contributed by atoms with van der Waals surface area (Å²) in [6.45, 7) is 10.1. The first-order chi connectivity index (χ1) is 14.6. The smallest absolute Gasteiger partial charge is 0.191 e. The Bertz CT molecular complexity index is 808. The normalized spacial score (nSPS) is 15.1. The Balaban J connectivity index is 0.00000341. The van der Waals surface area contributed by atoms with Gasteiger partial charge in [-0.15, -0.1) is 24.0 Å². The number of morpholine rings is 1. The lowest BCUT2D eigenvalue weighted by Gasteiger charge is -2.41. The molecule has 3 rings (SSSR count). The Kier molecular flexibility index (Phi) is 10.6. The number of aliphatic imine (C=N–C) groups is 1. The molecule has 1 heterocycles. The van der Waals surface area contributed by atoms with Crippen molar-refractivity contribution in [3.05, 3.63) is 65.7 Å². The van der Waals surface area contributed by atoms with Crippen LogP contribution in [0, 0.1) is 0 Å². The first-order valence-electron chi connectivity index (χ1n) is 10.6. The van der Waals surface area contributed by atoms with Crippen molar-refractivity contribution in [3.8, 4) is 5.75 Å². The first kappa shape index (κ1) is 25.4. The van der Waals surface area contributed by atoms with Crippen molar-refractivity contribution in [1.29, 1.82) is 0 Å². The number of hydrogen-bond acceptors (Lipinski definition) is 4. The van der Waals surface area contributed by atoms with Crippen molar-refractivity contribution in [2.45, 2.75) is 32.5 Å². The number of hydrogen-bond donors (Lipinski definition) is 2. The molecular formula is C24H35IN4O2. The predicted molar refractivity (Wildman–Crippen MR) is 137 cm³/mol. The quantitative estimate of drug-likeness (QED) is 0.305. The lowest BCUT2D eigenvalue weighted by molar-refractivity contribution is -0.00834. The van der Waals surface area contributed by atoms with E-state index in [9.17, 15) is 0 Å². The molecule has 2 aromatic rings. The van der Waals surface area contributed by atoms with E-state index in [-0.39, 0.29) is 29.5 Å². The highest BCUT2D eigenvalue weighted by Crippen LogP contribution is 2.16. The van der Waals surface area contributed by atoms with Gasteiger partial charge in [0.25, 0.3) is 0 Å². The maximum absolute atomic E-state index is 5.94. The van der Waals surface area contributed by atoms with E-state index in [0.717, 1.165) is 50.1 Å². The zero-order valence-corrected chi connectivity index (χ0v) is 21.1. The van der Waals surface area contributed by atoms with E-state index in [4.69, 9.17) is 9.47 Å². The summed E-state index contributed by atoms with van der Waals surface area (Å²) in [6, 6.07) is 18.2. The zero-order chi connectivity index (χ0) is 21.2.